The zero-order chi connectivity index (χ0) is 16.6. The monoisotopic (exact) mass is 303 g/mol. The van der Waals surface area contributed by atoms with E-state index < -0.39 is 0 Å². The number of nitriles is 1. The zero-order valence-electron chi connectivity index (χ0n) is 13.6. The summed E-state index contributed by atoms with van der Waals surface area (Å²) in [6.07, 6.45) is 0.646. The molecule has 5 heteroatoms. The number of benzene rings is 1. The van der Waals surface area contributed by atoms with Gasteiger partial charge in [0.05, 0.1) is 18.2 Å². The maximum Gasteiger partial charge on any atom is 0.238 e. The molecule has 0 atom stereocenters. The van der Waals surface area contributed by atoms with E-state index in [1.807, 2.05) is 4.90 Å². The molecule has 0 aliphatic carbocycles. The van der Waals surface area contributed by atoms with Crippen LogP contribution in [0.2, 0.25) is 0 Å². The molecule has 1 aromatic carbocycles. The second-order valence-corrected chi connectivity index (χ2v) is 6.59. The Kier molecular flexibility index (Phi) is 7.03. The molecule has 1 aromatic rings. The molecule has 0 fully saturated rings. The Hall–Kier alpha value is -1.90. The van der Waals surface area contributed by atoms with Crippen molar-refractivity contribution in [2.75, 3.05) is 31.6 Å². The maximum absolute atomic E-state index is 12.2. The standard InChI is InChI=1S/C17H25N3O2/c1-17(2,3)13-20(8-5-9-21)12-16(22)19-15-7-4-6-14(10-15)11-18/h4,6-7,10,21H,5,8-9,12-13H2,1-3H3,(H,19,22). The minimum absolute atomic E-state index is 0.0798. The maximum atomic E-state index is 12.2. The van der Waals surface area contributed by atoms with Gasteiger partial charge in [0.25, 0.3) is 0 Å². The molecule has 1 amide bonds. The van der Waals surface area contributed by atoms with Crippen molar-refractivity contribution >= 4 is 11.6 Å². The average Bonchev–Trinajstić information content (AvgIpc) is 2.43. The van der Waals surface area contributed by atoms with E-state index in [9.17, 15) is 4.79 Å². The highest BCUT2D eigenvalue weighted by atomic mass is 16.3. The topological polar surface area (TPSA) is 76.4 Å². The quantitative estimate of drug-likeness (QED) is 0.810. The van der Waals surface area contributed by atoms with E-state index in [4.69, 9.17) is 10.4 Å². The van der Waals surface area contributed by atoms with Gasteiger partial charge >= 0.3 is 0 Å². The van der Waals surface area contributed by atoms with Crippen LogP contribution < -0.4 is 5.32 Å². The Morgan fingerprint density at radius 2 is 2.14 bits per heavy atom. The first-order valence-electron chi connectivity index (χ1n) is 7.47. The molecule has 0 bridgehead atoms. The van der Waals surface area contributed by atoms with Crippen molar-refractivity contribution in [3.05, 3.63) is 29.8 Å². The highest BCUT2D eigenvalue weighted by Gasteiger charge is 2.18. The van der Waals surface area contributed by atoms with E-state index in [0.717, 1.165) is 6.54 Å². The molecular weight excluding hydrogens is 278 g/mol. The van der Waals surface area contributed by atoms with Crippen LogP contribution in [-0.4, -0.2) is 42.2 Å². The fraction of sp³-hybridized carbons (Fsp3) is 0.529. The smallest absolute Gasteiger partial charge is 0.238 e. The summed E-state index contributed by atoms with van der Waals surface area (Å²) in [5, 5.41) is 20.7. The van der Waals surface area contributed by atoms with Crippen LogP contribution in [0.15, 0.2) is 24.3 Å². The van der Waals surface area contributed by atoms with E-state index >= 15 is 0 Å². The Morgan fingerprint density at radius 1 is 1.41 bits per heavy atom. The number of aliphatic hydroxyl groups excluding tert-OH is 1. The third kappa shape index (κ3) is 7.21. The molecule has 0 aliphatic rings. The van der Waals surface area contributed by atoms with Crippen LogP contribution in [0.25, 0.3) is 0 Å². The lowest BCUT2D eigenvalue weighted by Crippen LogP contribution is -2.39. The first kappa shape index (κ1) is 18.1. The highest BCUT2D eigenvalue weighted by Crippen LogP contribution is 2.16. The Morgan fingerprint density at radius 3 is 2.73 bits per heavy atom. The summed E-state index contributed by atoms with van der Waals surface area (Å²) in [6.45, 7) is 8.20. The van der Waals surface area contributed by atoms with Gasteiger partial charge in [-0.2, -0.15) is 5.26 Å². The number of carbonyl (C=O) groups is 1. The van der Waals surface area contributed by atoms with Gasteiger partial charge in [-0.05, 0) is 30.0 Å². The van der Waals surface area contributed by atoms with Crippen LogP contribution in [0.4, 0.5) is 5.69 Å². The molecule has 0 unspecified atom stereocenters. The number of nitrogens with one attached hydrogen (secondary N) is 1. The second kappa shape index (κ2) is 8.52. The molecule has 0 saturated heterocycles. The summed E-state index contributed by atoms with van der Waals surface area (Å²) in [7, 11) is 0. The molecule has 22 heavy (non-hydrogen) atoms. The minimum atomic E-state index is -0.114. The number of aliphatic hydroxyl groups is 1. The minimum Gasteiger partial charge on any atom is -0.396 e. The molecule has 0 heterocycles. The molecule has 0 aromatic heterocycles. The van der Waals surface area contributed by atoms with Gasteiger partial charge in [0.1, 0.15) is 0 Å². The van der Waals surface area contributed by atoms with Crippen molar-refractivity contribution in [1.29, 1.82) is 5.26 Å². The number of anilines is 1. The first-order chi connectivity index (χ1) is 10.3. The van der Waals surface area contributed by atoms with Crippen LogP contribution in [-0.2, 0) is 4.79 Å². The number of rotatable bonds is 7. The van der Waals surface area contributed by atoms with Crippen molar-refractivity contribution in [2.45, 2.75) is 27.2 Å². The van der Waals surface area contributed by atoms with Gasteiger partial charge in [0.2, 0.25) is 5.91 Å². The summed E-state index contributed by atoms with van der Waals surface area (Å²) < 4.78 is 0. The van der Waals surface area contributed by atoms with Gasteiger partial charge in [0, 0.05) is 25.4 Å². The largest absolute Gasteiger partial charge is 0.396 e. The average molecular weight is 303 g/mol. The molecule has 120 valence electrons. The Balaban J connectivity index is 2.63. The first-order valence-corrected chi connectivity index (χ1v) is 7.47. The third-order valence-corrected chi connectivity index (χ3v) is 2.97. The second-order valence-electron chi connectivity index (χ2n) is 6.59. The van der Waals surface area contributed by atoms with Crippen LogP contribution in [0.1, 0.15) is 32.8 Å². The summed E-state index contributed by atoms with van der Waals surface area (Å²) >= 11 is 0. The summed E-state index contributed by atoms with van der Waals surface area (Å²) in [6, 6.07) is 8.91. The molecule has 0 radical (unpaired) electrons. The molecule has 0 spiro atoms. The van der Waals surface area contributed by atoms with Gasteiger partial charge in [-0.15, -0.1) is 0 Å². The van der Waals surface area contributed by atoms with Gasteiger partial charge in [-0.3, -0.25) is 9.69 Å². The zero-order valence-corrected chi connectivity index (χ0v) is 13.6. The van der Waals surface area contributed by atoms with Crippen LogP contribution >= 0.6 is 0 Å². The molecule has 5 nitrogen and oxygen atoms in total. The van der Waals surface area contributed by atoms with Gasteiger partial charge in [0.15, 0.2) is 0 Å². The number of hydrogen-bond acceptors (Lipinski definition) is 4. The fourth-order valence-corrected chi connectivity index (χ4v) is 2.25. The summed E-state index contributed by atoms with van der Waals surface area (Å²) in [5.74, 6) is -0.114. The van der Waals surface area contributed by atoms with Crippen molar-refractivity contribution in [3.63, 3.8) is 0 Å². The number of amides is 1. The molecular formula is C17H25N3O2. The van der Waals surface area contributed by atoms with E-state index in [1.165, 1.54) is 0 Å². The van der Waals surface area contributed by atoms with Crippen LogP contribution in [0, 0.1) is 16.7 Å². The summed E-state index contributed by atoms with van der Waals surface area (Å²) in [5.41, 5.74) is 1.22. The lowest BCUT2D eigenvalue weighted by Gasteiger charge is -2.29. The predicted molar refractivity (Wildman–Crippen MR) is 87.4 cm³/mol. The van der Waals surface area contributed by atoms with Gasteiger partial charge in [-0.25, -0.2) is 0 Å². The Labute approximate surface area is 132 Å². The van der Waals surface area contributed by atoms with Crippen molar-refractivity contribution in [3.8, 4) is 6.07 Å². The SMILES string of the molecule is CC(C)(C)CN(CCCO)CC(=O)Nc1cccc(C#N)c1. The molecule has 2 N–H and O–H groups in total. The van der Waals surface area contributed by atoms with E-state index in [1.54, 1.807) is 24.3 Å². The molecule has 1 rings (SSSR count). The van der Waals surface area contributed by atoms with E-state index in [2.05, 4.69) is 32.2 Å². The van der Waals surface area contributed by atoms with Crippen LogP contribution in [0.5, 0.6) is 0 Å². The van der Waals surface area contributed by atoms with Gasteiger partial charge < -0.3 is 10.4 Å². The number of hydrogen-bond donors (Lipinski definition) is 2. The normalized spacial score (nSPS) is 11.3. The molecule has 0 saturated carbocycles. The highest BCUT2D eigenvalue weighted by molar-refractivity contribution is 5.92. The lowest BCUT2D eigenvalue weighted by atomic mass is 9.96. The van der Waals surface area contributed by atoms with Crippen molar-refractivity contribution in [1.82, 2.24) is 4.90 Å². The van der Waals surface area contributed by atoms with Crippen molar-refractivity contribution < 1.29 is 9.90 Å². The van der Waals surface area contributed by atoms with E-state index in [0.29, 0.717) is 24.2 Å². The Bertz CT molecular complexity index is 529. The van der Waals surface area contributed by atoms with Crippen LogP contribution in [0.3, 0.4) is 0 Å². The molecule has 0 aliphatic heterocycles. The predicted octanol–water partition coefficient (Wildman–Crippen LogP) is 2.23. The number of nitrogens with zero attached hydrogens (tertiary/aromatic N) is 2. The fourth-order valence-electron chi connectivity index (χ4n) is 2.25. The lowest BCUT2D eigenvalue weighted by molar-refractivity contribution is -0.117. The third-order valence-electron chi connectivity index (χ3n) is 2.97. The van der Waals surface area contributed by atoms with E-state index in [-0.39, 0.29) is 24.5 Å². The van der Waals surface area contributed by atoms with Crippen molar-refractivity contribution in [2.24, 2.45) is 5.41 Å². The number of carbonyl (C=O) groups excluding carboxylic acids is 1. The summed E-state index contributed by atoms with van der Waals surface area (Å²) in [4.78, 5) is 14.2. The van der Waals surface area contributed by atoms with Gasteiger partial charge in [-0.1, -0.05) is 26.8 Å².